The normalized spacial score (nSPS) is 10.7. The number of hydrogen-bond donors (Lipinski definition) is 3. The molecule has 4 N–H and O–H groups in total. The lowest BCUT2D eigenvalue weighted by molar-refractivity contribution is -0.138. The lowest BCUT2D eigenvalue weighted by Gasteiger charge is -2.05. The van der Waals surface area contributed by atoms with Gasteiger partial charge in [-0.15, -0.1) is 0 Å². The number of carboxylic acid groups (broad SMARTS) is 1. The van der Waals surface area contributed by atoms with Gasteiger partial charge < -0.3 is 39.3 Å². The number of ether oxygens (including phenoxy) is 6. The maximum absolute atomic E-state index is 12.1. The number of esters is 2. The molecule has 4 aromatic heterocycles. The van der Waals surface area contributed by atoms with Gasteiger partial charge in [-0.1, -0.05) is 107 Å². The van der Waals surface area contributed by atoms with Crippen molar-refractivity contribution in [3.63, 3.8) is 0 Å². The molecule has 0 saturated carbocycles. The van der Waals surface area contributed by atoms with Gasteiger partial charge in [-0.2, -0.15) is 20.4 Å². The Kier molecular flexibility index (Phi) is 31.4. The molecule has 88 heavy (non-hydrogen) atoms. The van der Waals surface area contributed by atoms with Crippen molar-refractivity contribution < 1.29 is 57.1 Å². The maximum Gasteiger partial charge on any atom is 0.330 e. The number of nitrogens with two attached hydrogens (primary N) is 1. The van der Waals surface area contributed by atoms with E-state index < -0.39 is 5.97 Å². The molecule has 462 valence electrons. The first-order chi connectivity index (χ1) is 44.0. The smallest absolute Gasteiger partial charge is 0.330 e. The Hall–Kier alpha value is -10.5. The second kappa shape index (κ2) is 41.5. The van der Waals surface area contributed by atoms with Crippen LogP contribution in [0, 0.1) is 0 Å². The highest BCUT2D eigenvalue weighted by atomic mass is 79.9. The summed E-state index contributed by atoms with van der Waals surface area (Å²) in [7, 11) is 0. The number of H-pyrrole nitrogens is 1. The lowest BCUT2D eigenvalue weighted by atomic mass is 10.1. The van der Waals surface area contributed by atoms with Crippen LogP contribution in [0.1, 0.15) is 46.1 Å². The summed E-state index contributed by atoms with van der Waals surface area (Å²) < 4.78 is 46.9. The highest BCUT2D eigenvalue weighted by molar-refractivity contribution is 9.09. The van der Waals surface area contributed by atoms with Gasteiger partial charge in [0, 0.05) is 87.1 Å². The van der Waals surface area contributed by atoms with Crippen molar-refractivity contribution in [1.29, 1.82) is 0 Å². The van der Waals surface area contributed by atoms with Gasteiger partial charge in [-0.25, -0.2) is 14.4 Å². The number of halogens is 1. The first-order valence-corrected chi connectivity index (χ1v) is 29.1. The fourth-order valence-electron chi connectivity index (χ4n) is 7.12. The van der Waals surface area contributed by atoms with Crippen molar-refractivity contribution in [2.45, 2.75) is 39.9 Å². The summed E-state index contributed by atoms with van der Waals surface area (Å²) in [4.78, 5) is 44.5. The summed E-state index contributed by atoms with van der Waals surface area (Å²) in [6.07, 6.45) is 26.1. The van der Waals surface area contributed by atoms with E-state index in [-0.39, 0.29) is 19.1 Å². The van der Waals surface area contributed by atoms with Crippen LogP contribution in [0.15, 0.2) is 219 Å². The number of ketones is 1. The first kappa shape index (κ1) is 66.6. The number of rotatable bonds is 27. The molecule has 0 bridgehead atoms. The van der Waals surface area contributed by atoms with Crippen LogP contribution in [0.2, 0.25) is 0 Å². The van der Waals surface area contributed by atoms with Crippen molar-refractivity contribution in [3.8, 4) is 23.0 Å². The monoisotopic (exact) mass is 1260 g/mol. The summed E-state index contributed by atoms with van der Waals surface area (Å²) in [5.41, 5.74) is 10.7. The van der Waals surface area contributed by atoms with Crippen molar-refractivity contribution in [2.24, 2.45) is 0 Å². The van der Waals surface area contributed by atoms with E-state index in [0.717, 1.165) is 68.8 Å². The number of benzene rings is 5. The minimum atomic E-state index is -0.972. The minimum Gasteiger partial charge on any atom is -0.493 e. The number of carbonyl (C=O) groups is 4. The Bertz CT molecular complexity index is 3520. The summed E-state index contributed by atoms with van der Waals surface area (Å²) in [6.45, 7) is 8.49. The van der Waals surface area contributed by atoms with E-state index >= 15 is 0 Å². The van der Waals surface area contributed by atoms with E-state index in [1.165, 1.54) is 18.2 Å². The van der Waals surface area contributed by atoms with Gasteiger partial charge in [0.1, 0.15) is 42.8 Å². The number of para-hydroxylation sites is 5. The highest BCUT2D eigenvalue weighted by Crippen LogP contribution is 2.14. The summed E-state index contributed by atoms with van der Waals surface area (Å²) in [6, 6.07) is 46.0. The molecule has 0 aliphatic carbocycles. The SMILES string of the molecule is BrCCOc1ccccc1.CCOC(=O)/C=C/c1cn[nH]c1.CCOC(=O)/C=C/c1cnn(CCOc2ccccc2)c1.Nc1ccccc1CC(=O)/C=C/c1cnn(CCOc2ccccc2)c1.O=C(O)/C=C/c1cnn(CCOc2ccccc2)c1.[2HH].[2H][2H]. The van der Waals surface area contributed by atoms with Gasteiger partial charge in [0.2, 0.25) is 0 Å². The number of alkyl halides is 1. The quantitative estimate of drug-likeness (QED) is 0.0187. The van der Waals surface area contributed by atoms with Crippen molar-refractivity contribution in [2.75, 3.05) is 50.7 Å². The average Bonchev–Trinajstić information content (AvgIpc) is 4.15. The number of carboxylic acids is 1. The van der Waals surface area contributed by atoms with Gasteiger partial charge in [0.15, 0.2) is 5.78 Å². The van der Waals surface area contributed by atoms with Crippen LogP contribution >= 0.6 is 15.9 Å². The zero-order valence-electron chi connectivity index (χ0n) is 51.0. The number of nitrogens with one attached hydrogen (secondary N) is 1. The zero-order chi connectivity index (χ0) is 64.7. The summed E-state index contributed by atoms with van der Waals surface area (Å²) in [5.74, 6) is 1.78. The van der Waals surface area contributed by atoms with Gasteiger partial charge in [0.25, 0.3) is 0 Å². The zero-order valence-corrected chi connectivity index (χ0v) is 50.6. The Morgan fingerprint density at radius 1 is 0.523 bits per heavy atom. The Morgan fingerprint density at radius 2 is 0.898 bits per heavy atom. The predicted molar refractivity (Wildman–Crippen MR) is 348 cm³/mol. The maximum atomic E-state index is 12.1. The molecule has 9 aromatic rings. The number of aromatic amines is 1. The molecule has 0 saturated heterocycles. The molecule has 4 heterocycles. The van der Waals surface area contributed by atoms with Gasteiger partial charge in [0.05, 0.1) is 64.2 Å². The van der Waals surface area contributed by atoms with E-state index in [0.29, 0.717) is 64.8 Å². The van der Waals surface area contributed by atoms with Crippen molar-refractivity contribution in [1.82, 2.24) is 39.5 Å². The predicted octanol–water partition coefficient (Wildman–Crippen LogP) is 11.9. The molecule has 0 atom stereocenters. The number of nitrogen functional groups attached to an aromatic ring is 1. The fourth-order valence-corrected chi connectivity index (χ4v) is 7.28. The summed E-state index contributed by atoms with van der Waals surface area (Å²) >= 11 is 3.28. The molecule has 20 nitrogen and oxygen atoms in total. The van der Waals surface area contributed by atoms with Gasteiger partial charge in [-0.05, 0) is 104 Å². The number of aromatic nitrogens is 8. The van der Waals surface area contributed by atoms with Crippen LogP contribution in [0.5, 0.6) is 23.0 Å². The molecule has 0 spiro atoms. The first-order valence-electron chi connectivity index (χ1n) is 29.0. The second-order valence-corrected chi connectivity index (χ2v) is 18.8. The largest absolute Gasteiger partial charge is 0.493 e. The van der Waals surface area contributed by atoms with Crippen LogP contribution in [-0.2, 0) is 54.7 Å². The van der Waals surface area contributed by atoms with E-state index in [1.54, 1.807) is 95.4 Å². The highest BCUT2D eigenvalue weighted by Gasteiger charge is 2.05. The molecular weight excluding hydrogens is 1190 g/mol. The van der Waals surface area contributed by atoms with Crippen molar-refractivity contribution in [3.05, 3.63) is 247 Å². The molecule has 0 unspecified atom stereocenters. The third-order valence-electron chi connectivity index (χ3n) is 11.3. The molecule has 0 amide bonds. The van der Waals surface area contributed by atoms with Crippen LogP contribution < -0.4 is 24.7 Å². The van der Waals surface area contributed by atoms with Crippen LogP contribution in [-0.4, -0.2) is 113 Å². The number of aliphatic carboxylic acids is 1. The Balaban J connectivity index is 0.000000304. The molecular formula is C67H76BrN9O11. The number of nitrogens with zero attached hydrogens (tertiary/aromatic N) is 7. The molecule has 5 aromatic carbocycles. The third-order valence-corrected chi connectivity index (χ3v) is 11.6. The lowest BCUT2D eigenvalue weighted by Crippen LogP contribution is -2.08. The molecule has 9 rings (SSSR count). The number of hydrogen-bond acceptors (Lipinski definition) is 15. The van der Waals surface area contributed by atoms with Gasteiger partial charge in [-0.3, -0.25) is 23.9 Å². The average molecular weight is 1270 g/mol. The van der Waals surface area contributed by atoms with Gasteiger partial charge >= 0.3 is 17.9 Å². The van der Waals surface area contributed by atoms with E-state index in [2.05, 4.69) is 46.2 Å². The Morgan fingerprint density at radius 3 is 1.27 bits per heavy atom. The van der Waals surface area contributed by atoms with E-state index in [1.807, 2.05) is 152 Å². The topological polar surface area (TPSA) is 252 Å². The van der Waals surface area contributed by atoms with Crippen LogP contribution in [0.3, 0.4) is 0 Å². The molecule has 0 radical (unpaired) electrons. The number of allylic oxidation sites excluding steroid dienone is 1. The fraction of sp³-hybridized carbons (Fsp3) is 0.194. The van der Waals surface area contributed by atoms with Crippen LogP contribution in [0.25, 0.3) is 24.3 Å². The molecule has 0 fully saturated rings. The molecule has 0 aliphatic heterocycles. The third kappa shape index (κ3) is 29.8. The van der Waals surface area contributed by atoms with Crippen LogP contribution in [0.4, 0.5) is 5.69 Å². The number of carbonyl (C=O) groups excluding carboxylic acids is 3. The van der Waals surface area contributed by atoms with E-state index in [9.17, 15) is 19.2 Å². The van der Waals surface area contributed by atoms with Crippen molar-refractivity contribution >= 4 is 69.6 Å². The second-order valence-electron chi connectivity index (χ2n) is 18.0. The summed E-state index contributed by atoms with van der Waals surface area (Å²) in [5, 5.41) is 28.3. The number of anilines is 1. The minimum absolute atomic E-state index is 0. The molecule has 0 aliphatic rings. The standard InChI is InChI=1S/C21H21N3O2.C16H18N2O3.C14H14N2O3.C8H9BrO.C8H10N2O2.2H2/c22-21-9-5-4-6-18(21)14-19(25)11-10-17-15-23-24(16-17)12-13-26-20-7-2-1-3-8-20;1-2-20-16(19)9-8-14-12-17-18(13-14)10-11-21-15-6-4-3-5-7-15;17-14(18)7-6-12-10-15-16(11-12)8-9-19-13-4-2-1-3-5-13;9-6-7-10-8-4-2-1-3-5-8;1-2-12-8(11)4-3-7-5-9-10-6-7;;/h1-11,15-16H,12-14,22H2;3-9,12-13H,2,10-11H2,1H3;1-7,10-11H,8-9H2,(H,17,18);1-5H,6-7H2;3-6H,2H2,1H3,(H,9,10);2*1H/b11-10+;9-8+;7-6+;;4-3+;;/i;;;;;1+1D;1+1. The Labute approximate surface area is 524 Å². The molecule has 21 heteroatoms. The van der Waals surface area contributed by atoms with E-state index in [4.69, 9.17) is 37.5 Å².